The van der Waals surface area contributed by atoms with Crippen LogP contribution < -0.4 is 16.6 Å². The van der Waals surface area contributed by atoms with Crippen molar-refractivity contribution < 1.29 is 4.79 Å². The van der Waals surface area contributed by atoms with E-state index in [0.29, 0.717) is 11.7 Å². The summed E-state index contributed by atoms with van der Waals surface area (Å²) in [5.74, 6) is -0.451. The van der Waals surface area contributed by atoms with Crippen LogP contribution in [0.15, 0.2) is 11.8 Å². The lowest BCUT2D eigenvalue weighted by atomic mass is 10.3. The Morgan fingerprint density at radius 3 is 2.58 bits per heavy atom. The quantitative estimate of drug-likeness (QED) is 0.411. The summed E-state index contributed by atoms with van der Waals surface area (Å²) < 4.78 is 0. The summed E-state index contributed by atoms with van der Waals surface area (Å²) in [6.45, 7) is 5.83. The van der Waals surface area contributed by atoms with Gasteiger partial charge in [-0.2, -0.15) is 0 Å². The number of hydrazine groups is 1. The van der Waals surface area contributed by atoms with Crippen LogP contribution >= 0.6 is 0 Å². The van der Waals surface area contributed by atoms with Crippen LogP contribution in [0.1, 0.15) is 27.2 Å². The van der Waals surface area contributed by atoms with Gasteiger partial charge in [0.05, 0.1) is 0 Å². The van der Waals surface area contributed by atoms with Gasteiger partial charge in [0.1, 0.15) is 5.70 Å². The van der Waals surface area contributed by atoms with Crippen molar-refractivity contribution in [3.8, 4) is 0 Å². The molecule has 0 heterocycles. The zero-order chi connectivity index (χ0) is 9.56. The summed E-state index contributed by atoms with van der Waals surface area (Å²) in [7, 11) is 0. The van der Waals surface area contributed by atoms with E-state index in [-0.39, 0.29) is 0 Å². The monoisotopic (exact) mass is 171 g/mol. The highest BCUT2D eigenvalue weighted by atomic mass is 16.1. The molecule has 0 saturated carbocycles. The van der Waals surface area contributed by atoms with Gasteiger partial charge in [0, 0.05) is 6.04 Å². The molecular formula is C8H17N3O. The number of rotatable bonds is 5. The molecular weight excluding hydrogens is 154 g/mol. The van der Waals surface area contributed by atoms with Crippen LogP contribution in [0.4, 0.5) is 0 Å². The van der Waals surface area contributed by atoms with E-state index in [0.717, 1.165) is 6.42 Å². The first-order chi connectivity index (χ1) is 5.61. The number of carbonyl (C=O) groups is 1. The molecule has 0 bridgehead atoms. The highest BCUT2D eigenvalue weighted by Crippen LogP contribution is 1.88. The van der Waals surface area contributed by atoms with Gasteiger partial charge < -0.3 is 11.2 Å². The first-order valence-electron chi connectivity index (χ1n) is 4.09. The van der Waals surface area contributed by atoms with Crippen molar-refractivity contribution in [2.45, 2.75) is 33.2 Å². The molecule has 4 N–H and O–H groups in total. The molecule has 0 aromatic heterocycles. The summed E-state index contributed by atoms with van der Waals surface area (Å²) in [5.41, 5.74) is 11.2. The maximum atomic E-state index is 10.7. The molecule has 0 aromatic carbocycles. The number of hydrogen-bond donors (Lipinski definition) is 3. The van der Waals surface area contributed by atoms with Gasteiger partial charge in [0.15, 0.2) is 0 Å². The molecule has 0 radical (unpaired) electrons. The van der Waals surface area contributed by atoms with Crippen LogP contribution in [0, 0.1) is 0 Å². The summed E-state index contributed by atoms with van der Waals surface area (Å²) in [4.78, 5) is 10.7. The fraction of sp³-hybridized carbons (Fsp3) is 0.625. The van der Waals surface area contributed by atoms with E-state index in [1.54, 1.807) is 13.0 Å². The van der Waals surface area contributed by atoms with E-state index in [9.17, 15) is 4.79 Å². The van der Waals surface area contributed by atoms with Crippen molar-refractivity contribution in [1.29, 1.82) is 0 Å². The van der Waals surface area contributed by atoms with Crippen LogP contribution in [-0.4, -0.2) is 11.9 Å². The highest BCUT2D eigenvalue weighted by Gasteiger charge is 2.02. The summed E-state index contributed by atoms with van der Waals surface area (Å²) in [6.07, 6.45) is 2.63. The standard InChI is InChI=1S/C8H17N3O/c1-4-6(3)10-11-7(5-2)8(9)12/h5-6,10-11H,4H2,1-3H3,(H2,9,12)/b7-5-. The lowest BCUT2D eigenvalue weighted by Crippen LogP contribution is -2.41. The van der Waals surface area contributed by atoms with E-state index in [1.807, 2.05) is 6.92 Å². The largest absolute Gasteiger partial charge is 0.364 e. The summed E-state index contributed by atoms with van der Waals surface area (Å²) >= 11 is 0. The fourth-order valence-electron chi connectivity index (χ4n) is 0.579. The Labute approximate surface area is 73.2 Å². The molecule has 12 heavy (non-hydrogen) atoms. The molecule has 0 aromatic rings. The Balaban J connectivity index is 3.83. The second kappa shape index (κ2) is 5.60. The summed E-state index contributed by atoms with van der Waals surface area (Å²) in [5, 5.41) is 0. The number of nitrogens with one attached hydrogen (secondary N) is 2. The normalized spacial score (nSPS) is 14.1. The maximum absolute atomic E-state index is 10.7. The third-order valence-electron chi connectivity index (χ3n) is 1.62. The van der Waals surface area contributed by atoms with E-state index < -0.39 is 5.91 Å². The Bertz CT molecular complexity index is 177. The van der Waals surface area contributed by atoms with Crippen molar-refractivity contribution in [3.63, 3.8) is 0 Å². The molecule has 0 fully saturated rings. The van der Waals surface area contributed by atoms with Crippen molar-refractivity contribution in [3.05, 3.63) is 11.8 Å². The van der Waals surface area contributed by atoms with E-state index >= 15 is 0 Å². The third-order valence-corrected chi connectivity index (χ3v) is 1.62. The fourth-order valence-corrected chi connectivity index (χ4v) is 0.579. The lowest BCUT2D eigenvalue weighted by molar-refractivity contribution is -0.115. The smallest absolute Gasteiger partial charge is 0.265 e. The van der Waals surface area contributed by atoms with Gasteiger partial charge in [-0.25, -0.2) is 5.43 Å². The van der Waals surface area contributed by atoms with Crippen molar-refractivity contribution in [1.82, 2.24) is 10.9 Å². The van der Waals surface area contributed by atoms with Crippen LogP contribution in [0.25, 0.3) is 0 Å². The van der Waals surface area contributed by atoms with Crippen LogP contribution in [0.3, 0.4) is 0 Å². The van der Waals surface area contributed by atoms with Gasteiger partial charge in [0.2, 0.25) is 0 Å². The molecule has 4 heteroatoms. The number of amides is 1. The highest BCUT2D eigenvalue weighted by molar-refractivity contribution is 5.91. The first-order valence-corrected chi connectivity index (χ1v) is 4.09. The van der Waals surface area contributed by atoms with Crippen LogP contribution in [-0.2, 0) is 4.79 Å². The van der Waals surface area contributed by atoms with E-state index in [2.05, 4.69) is 17.8 Å². The van der Waals surface area contributed by atoms with Gasteiger partial charge in [-0.15, -0.1) is 0 Å². The van der Waals surface area contributed by atoms with E-state index in [1.165, 1.54) is 0 Å². The Hall–Kier alpha value is -1.03. The van der Waals surface area contributed by atoms with Gasteiger partial charge in [-0.05, 0) is 20.3 Å². The lowest BCUT2D eigenvalue weighted by Gasteiger charge is -2.13. The second-order valence-electron chi connectivity index (χ2n) is 2.65. The zero-order valence-corrected chi connectivity index (χ0v) is 7.85. The maximum Gasteiger partial charge on any atom is 0.265 e. The molecule has 0 aliphatic carbocycles. The van der Waals surface area contributed by atoms with Crippen molar-refractivity contribution >= 4 is 5.91 Å². The number of carbonyl (C=O) groups excluding carboxylic acids is 1. The minimum Gasteiger partial charge on any atom is -0.364 e. The first kappa shape index (κ1) is 11.0. The molecule has 1 atom stereocenters. The third kappa shape index (κ3) is 3.98. The number of nitrogens with two attached hydrogens (primary N) is 1. The molecule has 0 aliphatic rings. The average molecular weight is 171 g/mol. The molecule has 1 unspecified atom stereocenters. The predicted molar refractivity (Wildman–Crippen MR) is 49.0 cm³/mol. The summed E-state index contributed by atoms with van der Waals surface area (Å²) in [6, 6.07) is 0.319. The molecule has 0 spiro atoms. The number of primary amides is 1. The SMILES string of the molecule is C/C=C(\NNC(C)CC)C(N)=O. The Morgan fingerprint density at radius 2 is 2.25 bits per heavy atom. The van der Waals surface area contributed by atoms with Crippen LogP contribution in [0.5, 0.6) is 0 Å². The Morgan fingerprint density at radius 1 is 1.67 bits per heavy atom. The average Bonchev–Trinajstić information content (AvgIpc) is 2.04. The molecule has 0 saturated heterocycles. The number of hydrogen-bond acceptors (Lipinski definition) is 3. The number of allylic oxidation sites excluding steroid dienone is 1. The molecule has 70 valence electrons. The van der Waals surface area contributed by atoms with Crippen molar-refractivity contribution in [2.24, 2.45) is 5.73 Å². The van der Waals surface area contributed by atoms with Gasteiger partial charge >= 0.3 is 0 Å². The predicted octanol–water partition coefficient (Wildman–Crippen LogP) is 0.268. The minimum atomic E-state index is -0.451. The molecule has 0 rings (SSSR count). The molecule has 4 nitrogen and oxygen atoms in total. The van der Waals surface area contributed by atoms with Crippen molar-refractivity contribution in [2.75, 3.05) is 0 Å². The molecule has 1 amide bonds. The van der Waals surface area contributed by atoms with Gasteiger partial charge in [0.25, 0.3) is 5.91 Å². The topological polar surface area (TPSA) is 67.2 Å². The van der Waals surface area contributed by atoms with Gasteiger partial charge in [-0.1, -0.05) is 13.0 Å². The second-order valence-corrected chi connectivity index (χ2v) is 2.65. The van der Waals surface area contributed by atoms with Gasteiger partial charge in [-0.3, -0.25) is 4.79 Å². The van der Waals surface area contributed by atoms with E-state index in [4.69, 9.17) is 5.73 Å². The molecule has 0 aliphatic heterocycles. The Kier molecular flexibility index (Phi) is 5.12. The zero-order valence-electron chi connectivity index (χ0n) is 7.85. The minimum absolute atomic E-state index is 0.319. The van der Waals surface area contributed by atoms with Crippen LogP contribution in [0.2, 0.25) is 0 Å².